The molecule has 0 saturated carbocycles. The Kier molecular flexibility index (Phi) is 5.69. The number of para-hydroxylation sites is 1. The van der Waals surface area contributed by atoms with Gasteiger partial charge < -0.3 is 10.6 Å². The molecular weight excluding hydrogens is 358 g/mol. The number of nitrogens with zero attached hydrogens (tertiary/aromatic N) is 3. The van der Waals surface area contributed by atoms with Gasteiger partial charge in [0.1, 0.15) is 5.69 Å². The van der Waals surface area contributed by atoms with Gasteiger partial charge in [0.05, 0.1) is 22.8 Å². The lowest BCUT2D eigenvalue weighted by molar-refractivity contribution is -0.384. The minimum absolute atomic E-state index is 0.0518. The highest BCUT2D eigenvalue weighted by atomic mass is 16.6. The summed E-state index contributed by atoms with van der Waals surface area (Å²) in [5.74, 6) is -0.341. The zero-order valence-corrected chi connectivity index (χ0v) is 15.6. The quantitative estimate of drug-likeness (QED) is 0.483. The van der Waals surface area contributed by atoms with Crippen LogP contribution in [0.25, 0.3) is 5.69 Å². The Morgan fingerprint density at radius 2 is 1.93 bits per heavy atom. The molecule has 0 aliphatic carbocycles. The van der Waals surface area contributed by atoms with Crippen LogP contribution in [0.3, 0.4) is 0 Å². The van der Waals surface area contributed by atoms with Crippen molar-refractivity contribution in [1.82, 2.24) is 15.1 Å². The van der Waals surface area contributed by atoms with Crippen LogP contribution in [-0.2, 0) is 6.54 Å². The number of carbonyl (C=O) groups excluding carboxylic acids is 1. The SMILES string of the molecule is CC(C)NC(=O)c1ccc(NCc2ccn(-c3ccccc3)n2)c([N+](=O)[O-])c1. The van der Waals surface area contributed by atoms with Gasteiger partial charge in [-0.1, -0.05) is 18.2 Å². The summed E-state index contributed by atoms with van der Waals surface area (Å²) in [7, 11) is 0. The smallest absolute Gasteiger partial charge is 0.293 e. The molecule has 3 rings (SSSR count). The molecular formula is C20H21N5O3. The molecule has 3 aromatic rings. The maximum absolute atomic E-state index is 12.1. The number of anilines is 1. The monoisotopic (exact) mass is 379 g/mol. The molecule has 1 amide bonds. The third-order valence-electron chi connectivity index (χ3n) is 4.00. The minimum Gasteiger partial charge on any atom is -0.374 e. The van der Waals surface area contributed by atoms with Crippen molar-refractivity contribution >= 4 is 17.3 Å². The van der Waals surface area contributed by atoms with Crippen LogP contribution in [0.4, 0.5) is 11.4 Å². The highest BCUT2D eigenvalue weighted by molar-refractivity contribution is 5.95. The molecule has 2 N–H and O–H groups in total. The Balaban J connectivity index is 1.74. The van der Waals surface area contributed by atoms with E-state index in [-0.39, 0.29) is 23.2 Å². The Morgan fingerprint density at radius 1 is 1.18 bits per heavy atom. The summed E-state index contributed by atoms with van der Waals surface area (Å²) in [5, 5.41) is 21.7. The second-order valence-electron chi connectivity index (χ2n) is 6.56. The average molecular weight is 379 g/mol. The van der Waals surface area contributed by atoms with Crippen molar-refractivity contribution in [3.05, 3.63) is 82.2 Å². The lowest BCUT2D eigenvalue weighted by atomic mass is 10.1. The zero-order chi connectivity index (χ0) is 20.1. The number of nitro groups is 1. The number of benzene rings is 2. The molecule has 0 saturated heterocycles. The molecule has 0 bridgehead atoms. The van der Waals surface area contributed by atoms with E-state index in [1.165, 1.54) is 6.07 Å². The Hall–Kier alpha value is -3.68. The summed E-state index contributed by atoms with van der Waals surface area (Å²) in [4.78, 5) is 23.0. The molecule has 144 valence electrons. The zero-order valence-electron chi connectivity index (χ0n) is 15.6. The lowest BCUT2D eigenvalue weighted by Gasteiger charge is -2.10. The van der Waals surface area contributed by atoms with E-state index in [1.54, 1.807) is 16.8 Å². The van der Waals surface area contributed by atoms with E-state index >= 15 is 0 Å². The molecule has 0 spiro atoms. The van der Waals surface area contributed by atoms with Crippen molar-refractivity contribution in [3.63, 3.8) is 0 Å². The van der Waals surface area contributed by atoms with E-state index in [1.807, 2.05) is 56.4 Å². The third-order valence-corrected chi connectivity index (χ3v) is 4.00. The van der Waals surface area contributed by atoms with Crippen LogP contribution in [0.1, 0.15) is 29.9 Å². The van der Waals surface area contributed by atoms with Gasteiger partial charge in [0, 0.05) is 23.9 Å². The van der Waals surface area contributed by atoms with E-state index < -0.39 is 4.92 Å². The van der Waals surface area contributed by atoms with Crippen LogP contribution in [0.2, 0.25) is 0 Å². The molecule has 0 fully saturated rings. The first-order valence-corrected chi connectivity index (χ1v) is 8.87. The van der Waals surface area contributed by atoms with Gasteiger partial charge in [-0.25, -0.2) is 4.68 Å². The van der Waals surface area contributed by atoms with E-state index in [0.717, 1.165) is 11.4 Å². The van der Waals surface area contributed by atoms with Crippen LogP contribution in [-0.4, -0.2) is 26.7 Å². The molecule has 1 aromatic heterocycles. The topological polar surface area (TPSA) is 102 Å². The van der Waals surface area contributed by atoms with Gasteiger partial charge in [0.2, 0.25) is 0 Å². The standard InChI is InChI=1S/C20H21N5O3/c1-14(2)22-20(26)15-8-9-18(19(12-15)25(27)28)21-13-16-10-11-24(23-16)17-6-4-3-5-7-17/h3-12,14,21H,13H2,1-2H3,(H,22,26). The van der Waals surface area contributed by atoms with Crippen LogP contribution >= 0.6 is 0 Å². The second-order valence-corrected chi connectivity index (χ2v) is 6.56. The predicted octanol–water partition coefficient (Wildman–Crippen LogP) is 3.53. The van der Waals surface area contributed by atoms with Gasteiger partial charge in [-0.15, -0.1) is 0 Å². The van der Waals surface area contributed by atoms with Crippen LogP contribution < -0.4 is 10.6 Å². The third kappa shape index (κ3) is 4.53. The summed E-state index contributed by atoms with van der Waals surface area (Å²) < 4.78 is 1.74. The number of carbonyl (C=O) groups is 1. The number of hydrogen-bond donors (Lipinski definition) is 2. The molecule has 8 heteroatoms. The molecule has 28 heavy (non-hydrogen) atoms. The Labute approximate surface area is 162 Å². The van der Waals surface area contributed by atoms with Gasteiger partial charge >= 0.3 is 0 Å². The summed E-state index contributed by atoms with van der Waals surface area (Å²) in [6, 6.07) is 15.8. The van der Waals surface area contributed by atoms with E-state index in [9.17, 15) is 14.9 Å². The van der Waals surface area contributed by atoms with Crippen LogP contribution in [0.15, 0.2) is 60.8 Å². The van der Waals surface area contributed by atoms with Crippen molar-refractivity contribution in [2.45, 2.75) is 26.4 Å². The predicted molar refractivity (Wildman–Crippen MR) is 107 cm³/mol. The number of hydrogen-bond acceptors (Lipinski definition) is 5. The highest BCUT2D eigenvalue weighted by Gasteiger charge is 2.18. The molecule has 0 aliphatic heterocycles. The minimum atomic E-state index is -0.503. The van der Waals surface area contributed by atoms with Crippen molar-refractivity contribution in [2.24, 2.45) is 0 Å². The molecule has 0 aliphatic rings. The molecule has 8 nitrogen and oxygen atoms in total. The molecule has 2 aromatic carbocycles. The van der Waals surface area contributed by atoms with Crippen LogP contribution in [0, 0.1) is 10.1 Å². The fraction of sp³-hybridized carbons (Fsp3) is 0.200. The molecule has 0 atom stereocenters. The van der Waals surface area contributed by atoms with Gasteiger partial charge in [0.15, 0.2) is 0 Å². The Bertz CT molecular complexity index is 983. The maximum atomic E-state index is 12.1. The fourth-order valence-corrected chi connectivity index (χ4v) is 2.69. The van der Waals surface area contributed by atoms with E-state index in [4.69, 9.17) is 0 Å². The average Bonchev–Trinajstić information content (AvgIpc) is 3.15. The summed E-state index contributed by atoms with van der Waals surface area (Å²) >= 11 is 0. The first kappa shape index (κ1) is 19.1. The van der Waals surface area contributed by atoms with Gasteiger partial charge in [-0.2, -0.15) is 5.10 Å². The highest BCUT2D eigenvalue weighted by Crippen LogP contribution is 2.26. The molecule has 0 radical (unpaired) electrons. The normalized spacial score (nSPS) is 10.7. The van der Waals surface area contributed by atoms with E-state index in [2.05, 4.69) is 15.7 Å². The first-order valence-electron chi connectivity index (χ1n) is 8.87. The van der Waals surface area contributed by atoms with Crippen molar-refractivity contribution < 1.29 is 9.72 Å². The van der Waals surface area contributed by atoms with Gasteiger partial charge in [0.25, 0.3) is 11.6 Å². The van der Waals surface area contributed by atoms with Crippen molar-refractivity contribution in [1.29, 1.82) is 0 Å². The second kappa shape index (κ2) is 8.34. The van der Waals surface area contributed by atoms with Crippen LogP contribution in [0.5, 0.6) is 0 Å². The number of nitrogens with one attached hydrogen (secondary N) is 2. The summed E-state index contributed by atoms with van der Waals surface area (Å²) in [5.41, 5.74) is 2.10. The fourth-order valence-electron chi connectivity index (χ4n) is 2.69. The van der Waals surface area contributed by atoms with Crippen molar-refractivity contribution in [3.8, 4) is 5.69 Å². The first-order chi connectivity index (χ1) is 13.4. The maximum Gasteiger partial charge on any atom is 0.293 e. The number of rotatable bonds is 7. The summed E-state index contributed by atoms with van der Waals surface area (Å²) in [6.45, 7) is 3.98. The Morgan fingerprint density at radius 3 is 2.61 bits per heavy atom. The largest absolute Gasteiger partial charge is 0.374 e. The molecule has 0 unspecified atom stereocenters. The van der Waals surface area contributed by atoms with Crippen molar-refractivity contribution in [2.75, 3.05) is 5.32 Å². The van der Waals surface area contributed by atoms with Gasteiger partial charge in [-0.3, -0.25) is 14.9 Å². The van der Waals surface area contributed by atoms with Gasteiger partial charge in [-0.05, 0) is 44.2 Å². The number of aromatic nitrogens is 2. The lowest BCUT2D eigenvalue weighted by Crippen LogP contribution is -2.30. The number of nitro benzene ring substituents is 1. The summed E-state index contributed by atoms with van der Waals surface area (Å²) in [6.07, 6.45) is 1.83. The molecule has 1 heterocycles. The van der Waals surface area contributed by atoms with E-state index in [0.29, 0.717) is 12.2 Å². The number of amides is 1.